The van der Waals surface area contributed by atoms with Gasteiger partial charge in [0, 0.05) is 12.6 Å². The fourth-order valence-corrected chi connectivity index (χ4v) is 1.49. The van der Waals surface area contributed by atoms with Crippen LogP contribution in [-0.2, 0) is 9.53 Å². The highest BCUT2D eigenvalue weighted by atomic mass is 16.5. The zero-order valence-electron chi connectivity index (χ0n) is 8.19. The summed E-state index contributed by atoms with van der Waals surface area (Å²) in [6, 6.07) is 0.270. The molecule has 0 aromatic heterocycles. The molecule has 1 aliphatic rings. The summed E-state index contributed by atoms with van der Waals surface area (Å²) < 4.78 is 5.35. The van der Waals surface area contributed by atoms with Crippen LogP contribution in [0.15, 0.2) is 0 Å². The van der Waals surface area contributed by atoms with Crippen LogP contribution >= 0.6 is 0 Å². The Hall–Kier alpha value is -0.450. The van der Waals surface area contributed by atoms with Gasteiger partial charge in [0.2, 0.25) is 0 Å². The van der Waals surface area contributed by atoms with Gasteiger partial charge >= 0.3 is 0 Å². The Morgan fingerprint density at radius 3 is 2.92 bits per heavy atom. The average Bonchev–Trinajstić information content (AvgIpc) is 2.08. The quantitative estimate of drug-likeness (QED) is 0.656. The van der Waals surface area contributed by atoms with Gasteiger partial charge < -0.3 is 9.84 Å². The van der Waals surface area contributed by atoms with E-state index in [2.05, 4.69) is 0 Å². The van der Waals surface area contributed by atoms with E-state index in [0.29, 0.717) is 19.7 Å². The van der Waals surface area contributed by atoms with Crippen LogP contribution in [-0.4, -0.2) is 54.2 Å². The van der Waals surface area contributed by atoms with Gasteiger partial charge in [-0.2, -0.15) is 0 Å². The van der Waals surface area contributed by atoms with E-state index in [9.17, 15) is 4.79 Å². The van der Waals surface area contributed by atoms with Crippen LogP contribution in [0, 0.1) is 0 Å². The highest BCUT2D eigenvalue weighted by molar-refractivity contribution is 5.77. The maximum absolute atomic E-state index is 10.9. The van der Waals surface area contributed by atoms with Crippen LogP contribution < -0.4 is 0 Å². The number of aliphatic hydroxyl groups is 1. The standard InChI is InChI=1S/C9H17NO3/c1-7-6-13-9(5-11)4-10(7)3-8(2)12/h7,9,11H,3-6H2,1-2H3. The highest BCUT2D eigenvalue weighted by Gasteiger charge is 2.25. The summed E-state index contributed by atoms with van der Waals surface area (Å²) in [5.41, 5.74) is 0. The summed E-state index contributed by atoms with van der Waals surface area (Å²) >= 11 is 0. The fourth-order valence-electron chi connectivity index (χ4n) is 1.49. The lowest BCUT2D eigenvalue weighted by Crippen LogP contribution is -2.50. The lowest BCUT2D eigenvalue weighted by atomic mass is 10.2. The Morgan fingerprint density at radius 1 is 1.69 bits per heavy atom. The first-order valence-electron chi connectivity index (χ1n) is 4.59. The van der Waals surface area contributed by atoms with E-state index in [1.807, 2.05) is 11.8 Å². The molecule has 0 aromatic rings. The summed E-state index contributed by atoms with van der Waals surface area (Å²) in [6.45, 7) is 5.34. The van der Waals surface area contributed by atoms with E-state index in [-0.39, 0.29) is 24.5 Å². The summed E-state index contributed by atoms with van der Waals surface area (Å²) in [5, 5.41) is 8.89. The largest absolute Gasteiger partial charge is 0.394 e. The molecule has 1 aliphatic heterocycles. The molecule has 1 fully saturated rings. The van der Waals surface area contributed by atoms with Crippen molar-refractivity contribution in [2.45, 2.75) is 26.0 Å². The minimum atomic E-state index is -0.129. The van der Waals surface area contributed by atoms with Crippen molar-refractivity contribution in [3.8, 4) is 0 Å². The minimum absolute atomic E-state index is 0.0289. The van der Waals surface area contributed by atoms with Gasteiger partial charge in [-0.15, -0.1) is 0 Å². The lowest BCUT2D eigenvalue weighted by Gasteiger charge is -2.36. The molecule has 0 spiro atoms. The highest BCUT2D eigenvalue weighted by Crippen LogP contribution is 2.10. The smallest absolute Gasteiger partial charge is 0.143 e. The third kappa shape index (κ3) is 3.06. The van der Waals surface area contributed by atoms with Gasteiger partial charge in [0.15, 0.2) is 0 Å². The summed E-state index contributed by atoms with van der Waals surface area (Å²) in [5.74, 6) is 0.158. The number of hydrogen-bond acceptors (Lipinski definition) is 4. The SMILES string of the molecule is CC(=O)CN1CC(CO)OCC1C. The monoisotopic (exact) mass is 187 g/mol. The van der Waals surface area contributed by atoms with Crippen LogP contribution in [0.25, 0.3) is 0 Å². The number of ether oxygens (including phenoxy) is 1. The van der Waals surface area contributed by atoms with E-state index < -0.39 is 0 Å². The Labute approximate surface area is 78.5 Å². The van der Waals surface area contributed by atoms with Crippen molar-refractivity contribution in [2.75, 3.05) is 26.3 Å². The van der Waals surface area contributed by atoms with Crippen molar-refractivity contribution in [1.82, 2.24) is 4.90 Å². The van der Waals surface area contributed by atoms with Crippen molar-refractivity contribution >= 4 is 5.78 Å². The number of rotatable bonds is 3. The molecule has 1 saturated heterocycles. The first-order chi connectivity index (χ1) is 6.13. The maximum Gasteiger partial charge on any atom is 0.143 e. The molecule has 2 unspecified atom stereocenters. The molecule has 4 nitrogen and oxygen atoms in total. The predicted octanol–water partition coefficient (Wildman–Crippen LogP) is -0.343. The van der Waals surface area contributed by atoms with Gasteiger partial charge in [-0.05, 0) is 13.8 Å². The number of carbonyl (C=O) groups is 1. The summed E-state index contributed by atoms with van der Waals surface area (Å²) in [7, 11) is 0. The number of carbonyl (C=O) groups excluding carboxylic acids is 1. The van der Waals surface area contributed by atoms with Crippen LogP contribution in [0.4, 0.5) is 0 Å². The van der Waals surface area contributed by atoms with Crippen molar-refractivity contribution in [3.63, 3.8) is 0 Å². The molecule has 2 atom stereocenters. The molecule has 4 heteroatoms. The van der Waals surface area contributed by atoms with E-state index in [4.69, 9.17) is 9.84 Å². The first kappa shape index (κ1) is 10.6. The number of morpholine rings is 1. The predicted molar refractivity (Wildman–Crippen MR) is 48.5 cm³/mol. The Bertz CT molecular complexity index is 184. The number of nitrogens with zero attached hydrogens (tertiary/aromatic N) is 1. The number of hydrogen-bond donors (Lipinski definition) is 1. The Balaban J connectivity index is 2.44. The normalized spacial score (nSPS) is 30.4. The molecule has 13 heavy (non-hydrogen) atoms. The molecule has 0 amide bonds. The Kier molecular flexibility index (Phi) is 3.84. The molecule has 1 rings (SSSR count). The van der Waals surface area contributed by atoms with E-state index in [0.717, 1.165) is 0 Å². The van der Waals surface area contributed by atoms with Crippen molar-refractivity contribution in [3.05, 3.63) is 0 Å². The zero-order valence-corrected chi connectivity index (χ0v) is 8.19. The molecule has 0 aromatic carbocycles. The Morgan fingerprint density at radius 2 is 2.38 bits per heavy atom. The minimum Gasteiger partial charge on any atom is -0.394 e. The molecular weight excluding hydrogens is 170 g/mol. The second-order valence-electron chi connectivity index (χ2n) is 3.62. The summed E-state index contributed by atoms with van der Waals surface area (Å²) in [4.78, 5) is 13.0. The molecule has 76 valence electrons. The van der Waals surface area contributed by atoms with E-state index >= 15 is 0 Å². The van der Waals surface area contributed by atoms with Crippen LogP contribution in [0.2, 0.25) is 0 Å². The molecule has 0 radical (unpaired) electrons. The van der Waals surface area contributed by atoms with Gasteiger partial charge in [-0.3, -0.25) is 9.69 Å². The molecule has 1 N–H and O–H groups in total. The van der Waals surface area contributed by atoms with Crippen LogP contribution in [0.5, 0.6) is 0 Å². The van der Waals surface area contributed by atoms with Gasteiger partial charge in [0.25, 0.3) is 0 Å². The second kappa shape index (κ2) is 4.69. The maximum atomic E-state index is 10.9. The average molecular weight is 187 g/mol. The van der Waals surface area contributed by atoms with E-state index in [1.165, 1.54) is 0 Å². The molecule has 0 bridgehead atoms. The van der Waals surface area contributed by atoms with Gasteiger partial charge in [-0.25, -0.2) is 0 Å². The molecular formula is C9H17NO3. The molecule has 0 aliphatic carbocycles. The fraction of sp³-hybridized carbons (Fsp3) is 0.889. The van der Waals surface area contributed by atoms with Crippen LogP contribution in [0.3, 0.4) is 0 Å². The molecule has 0 saturated carbocycles. The third-order valence-electron chi connectivity index (χ3n) is 2.26. The summed E-state index contributed by atoms with van der Waals surface area (Å²) in [6.07, 6.45) is -0.129. The lowest BCUT2D eigenvalue weighted by molar-refractivity contribution is -0.123. The van der Waals surface area contributed by atoms with Crippen molar-refractivity contribution < 1.29 is 14.6 Å². The van der Waals surface area contributed by atoms with Gasteiger partial charge in [0.1, 0.15) is 5.78 Å². The number of ketones is 1. The van der Waals surface area contributed by atoms with Crippen molar-refractivity contribution in [1.29, 1.82) is 0 Å². The van der Waals surface area contributed by atoms with Gasteiger partial charge in [0.05, 0.1) is 25.9 Å². The van der Waals surface area contributed by atoms with Crippen molar-refractivity contribution in [2.24, 2.45) is 0 Å². The zero-order chi connectivity index (χ0) is 9.84. The molecule has 1 heterocycles. The number of Topliss-reactive ketones (excluding diaryl/α,β-unsaturated/α-hetero) is 1. The van der Waals surface area contributed by atoms with Crippen LogP contribution in [0.1, 0.15) is 13.8 Å². The second-order valence-corrected chi connectivity index (χ2v) is 3.62. The number of aliphatic hydroxyl groups excluding tert-OH is 1. The third-order valence-corrected chi connectivity index (χ3v) is 2.26. The first-order valence-corrected chi connectivity index (χ1v) is 4.59. The van der Waals surface area contributed by atoms with Gasteiger partial charge in [-0.1, -0.05) is 0 Å². The van der Waals surface area contributed by atoms with E-state index in [1.54, 1.807) is 6.92 Å². The topological polar surface area (TPSA) is 49.8 Å².